The summed E-state index contributed by atoms with van der Waals surface area (Å²) in [6.07, 6.45) is 1.64. The number of rotatable bonds is 5. The van der Waals surface area contributed by atoms with Crippen molar-refractivity contribution in [3.8, 4) is 11.3 Å². The number of hydrogen-bond donors (Lipinski definition) is 0. The molecule has 0 N–H and O–H groups in total. The molecule has 9 heteroatoms. The topological polar surface area (TPSA) is 76.6 Å². The maximum absolute atomic E-state index is 12.8. The Bertz CT molecular complexity index is 1190. The van der Waals surface area contributed by atoms with Gasteiger partial charge in [0.05, 0.1) is 16.4 Å². The zero-order chi connectivity index (χ0) is 21.3. The average Bonchev–Trinajstić information content (AvgIpc) is 3.29. The third-order valence-electron chi connectivity index (χ3n) is 4.39. The molecular weight excluding hydrogens is 444 g/mol. The summed E-state index contributed by atoms with van der Waals surface area (Å²) in [5.41, 5.74) is 1.42. The van der Waals surface area contributed by atoms with Gasteiger partial charge in [0.25, 0.3) is 11.6 Å². The number of amides is 1. The van der Waals surface area contributed by atoms with E-state index in [0.717, 1.165) is 5.56 Å². The number of nitro benzene ring substituents is 1. The number of furan rings is 1. The summed E-state index contributed by atoms with van der Waals surface area (Å²) < 4.78 is 6.28. The molecule has 0 radical (unpaired) electrons. The molecule has 1 aliphatic heterocycles. The Morgan fingerprint density at radius 2 is 1.93 bits per heavy atom. The highest BCUT2D eigenvalue weighted by Gasteiger charge is 2.32. The number of nitro groups is 1. The van der Waals surface area contributed by atoms with E-state index in [1.165, 1.54) is 23.9 Å². The molecule has 30 heavy (non-hydrogen) atoms. The minimum atomic E-state index is -0.545. The SMILES string of the molecule is O=C1/C(=C\c2ccc(-c3ccc([N+](=O)[O-])c(Cl)c3)o2)SC(=S)N1Cc1ccccc1. The third kappa shape index (κ3) is 4.16. The summed E-state index contributed by atoms with van der Waals surface area (Å²) in [5, 5.41) is 10.9. The lowest BCUT2D eigenvalue weighted by Crippen LogP contribution is -2.27. The highest BCUT2D eigenvalue weighted by Crippen LogP contribution is 2.35. The molecule has 6 nitrogen and oxygen atoms in total. The van der Waals surface area contributed by atoms with Gasteiger partial charge in [-0.3, -0.25) is 19.8 Å². The van der Waals surface area contributed by atoms with Crippen LogP contribution in [0.1, 0.15) is 11.3 Å². The Kier molecular flexibility index (Phi) is 5.72. The third-order valence-corrected chi connectivity index (χ3v) is 6.07. The largest absolute Gasteiger partial charge is 0.457 e. The van der Waals surface area contributed by atoms with E-state index < -0.39 is 4.92 Å². The van der Waals surface area contributed by atoms with Gasteiger partial charge in [-0.05, 0) is 29.8 Å². The zero-order valence-corrected chi connectivity index (χ0v) is 17.7. The van der Waals surface area contributed by atoms with Crippen molar-refractivity contribution in [2.45, 2.75) is 6.54 Å². The minimum Gasteiger partial charge on any atom is -0.457 e. The molecule has 2 heterocycles. The van der Waals surface area contributed by atoms with E-state index >= 15 is 0 Å². The maximum atomic E-state index is 12.8. The van der Waals surface area contributed by atoms with E-state index in [9.17, 15) is 14.9 Å². The van der Waals surface area contributed by atoms with E-state index in [0.29, 0.717) is 32.9 Å². The lowest BCUT2D eigenvalue weighted by molar-refractivity contribution is -0.384. The van der Waals surface area contributed by atoms with Crippen LogP contribution in [-0.4, -0.2) is 20.1 Å². The van der Waals surface area contributed by atoms with Crippen LogP contribution in [0.25, 0.3) is 17.4 Å². The van der Waals surface area contributed by atoms with Crippen molar-refractivity contribution < 1.29 is 14.1 Å². The molecule has 0 spiro atoms. The molecule has 150 valence electrons. The van der Waals surface area contributed by atoms with Crippen molar-refractivity contribution in [2.24, 2.45) is 0 Å². The lowest BCUT2D eigenvalue weighted by Gasteiger charge is -2.14. The Morgan fingerprint density at radius 3 is 2.63 bits per heavy atom. The van der Waals surface area contributed by atoms with E-state index in [1.807, 2.05) is 30.3 Å². The van der Waals surface area contributed by atoms with Gasteiger partial charge in [-0.15, -0.1) is 0 Å². The predicted octanol–water partition coefficient (Wildman–Crippen LogP) is 5.91. The Morgan fingerprint density at radius 1 is 1.17 bits per heavy atom. The summed E-state index contributed by atoms with van der Waals surface area (Å²) >= 11 is 12.6. The van der Waals surface area contributed by atoms with Crippen LogP contribution in [0.4, 0.5) is 5.69 Å². The molecule has 0 bridgehead atoms. The fourth-order valence-corrected chi connectivity index (χ4v) is 4.41. The van der Waals surface area contributed by atoms with Crippen molar-refractivity contribution in [2.75, 3.05) is 0 Å². The van der Waals surface area contributed by atoms with Gasteiger partial charge < -0.3 is 4.42 Å². The first-order valence-corrected chi connectivity index (χ1v) is 10.4. The van der Waals surface area contributed by atoms with E-state index in [-0.39, 0.29) is 16.6 Å². The van der Waals surface area contributed by atoms with Crippen molar-refractivity contribution in [3.63, 3.8) is 0 Å². The zero-order valence-electron chi connectivity index (χ0n) is 15.3. The van der Waals surface area contributed by atoms with Gasteiger partial charge in [0.15, 0.2) is 0 Å². The van der Waals surface area contributed by atoms with Gasteiger partial charge in [0.1, 0.15) is 20.9 Å². The second-order valence-electron chi connectivity index (χ2n) is 6.38. The molecule has 1 aromatic heterocycles. The Balaban J connectivity index is 1.54. The Hall–Kier alpha value is -2.94. The van der Waals surface area contributed by atoms with Crippen LogP contribution < -0.4 is 0 Å². The monoisotopic (exact) mass is 456 g/mol. The molecule has 1 aliphatic rings. The molecule has 1 saturated heterocycles. The highest BCUT2D eigenvalue weighted by molar-refractivity contribution is 8.26. The van der Waals surface area contributed by atoms with E-state index in [4.69, 9.17) is 28.2 Å². The summed E-state index contributed by atoms with van der Waals surface area (Å²) in [7, 11) is 0. The summed E-state index contributed by atoms with van der Waals surface area (Å²) in [6, 6.07) is 17.4. The maximum Gasteiger partial charge on any atom is 0.287 e. The number of hydrogen-bond acceptors (Lipinski definition) is 6. The summed E-state index contributed by atoms with van der Waals surface area (Å²) in [6.45, 7) is 0.410. The number of benzene rings is 2. The number of thiocarbonyl (C=S) groups is 1. The molecular formula is C21H13ClN2O4S2. The number of carbonyl (C=O) groups is 1. The smallest absolute Gasteiger partial charge is 0.287 e. The highest BCUT2D eigenvalue weighted by atomic mass is 35.5. The van der Waals surface area contributed by atoms with Gasteiger partial charge >= 0.3 is 0 Å². The first kappa shape index (κ1) is 20.3. The van der Waals surface area contributed by atoms with Crippen LogP contribution in [0.2, 0.25) is 5.02 Å². The average molecular weight is 457 g/mol. The quantitative estimate of drug-likeness (QED) is 0.205. The second-order valence-corrected chi connectivity index (χ2v) is 8.46. The first-order chi connectivity index (χ1) is 14.4. The van der Waals surface area contributed by atoms with Crippen molar-refractivity contribution >= 4 is 57.6 Å². The fourth-order valence-electron chi connectivity index (χ4n) is 2.93. The predicted molar refractivity (Wildman–Crippen MR) is 121 cm³/mol. The minimum absolute atomic E-state index is 0.0252. The molecule has 0 unspecified atom stereocenters. The van der Waals surface area contributed by atoms with Gasteiger partial charge in [0.2, 0.25) is 0 Å². The van der Waals surface area contributed by atoms with Crippen LogP contribution in [0, 0.1) is 10.1 Å². The van der Waals surface area contributed by atoms with Crippen LogP contribution >= 0.6 is 35.6 Å². The molecule has 0 atom stereocenters. The van der Waals surface area contributed by atoms with Gasteiger partial charge in [-0.25, -0.2) is 0 Å². The van der Waals surface area contributed by atoms with Gasteiger partial charge in [-0.2, -0.15) is 0 Å². The number of thioether (sulfide) groups is 1. The van der Waals surface area contributed by atoms with Crippen molar-refractivity contribution in [3.05, 3.63) is 92.0 Å². The summed E-state index contributed by atoms with van der Waals surface area (Å²) in [5.74, 6) is 0.780. The number of carbonyl (C=O) groups excluding carboxylic acids is 1. The van der Waals surface area contributed by atoms with Crippen molar-refractivity contribution in [1.29, 1.82) is 0 Å². The molecule has 4 rings (SSSR count). The van der Waals surface area contributed by atoms with Crippen LogP contribution in [0.5, 0.6) is 0 Å². The number of nitrogens with zero attached hydrogens (tertiary/aromatic N) is 2. The molecule has 0 saturated carbocycles. The van der Waals surface area contributed by atoms with Crippen LogP contribution in [0.3, 0.4) is 0 Å². The molecule has 0 aliphatic carbocycles. The van der Waals surface area contributed by atoms with Crippen LogP contribution in [-0.2, 0) is 11.3 Å². The molecule has 1 fully saturated rings. The molecule has 3 aromatic rings. The first-order valence-electron chi connectivity index (χ1n) is 8.76. The fraction of sp³-hybridized carbons (Fsp3) is 0.0476. The van der Waals surface area contributed by atoms with Crippen molar-refractivity contribution in [1.82, 2.24) is 4.90 Å². The van der Waals surface area contributed by atoms with Gasteiger partial charge in [-0.1, -0.05) is 65.9 Å². The van der Waals surface area contributed by atoms with Crippen LogP contribution in [0.15, 0.2) is 70.0 Å². The molecule has 2 aromatic carbocycles. The second kappa shape index (κ2) is 8.43. The van der Waals surface area contributed by atoms with E-state index in [1.54, 1.807) is 29.2 Å². The summed E-state index contributed by atoms with van der Waals surface area (Å²) in [4.78, 5) is 25.2. The van der Waals surface area contributed by atoms with Gasteiger partial charge in [0, 0.05) is 17.7 Å². The Labute approximate surface area is 186 Å². The standard InChI is InChI=1S/C21H13ClN2O4S2/c22-16-10-14(6-8-17(16)24(26)27)18-9-7-15(28-18)11-19-20(25)23(21(29)30-19)12-13-4-2-1-3-5-13/h1-11H,12H2/b19-11+. The lowest BCUT2D eigenvalue weighted by atomic mass is 10.1. The molecule has 1 amide bonds. The normalized spacial score (nSPS) is 15.2. The number of halogens is 1. The van der Waals surface area contributed by atoms with E-state index in [2.05, 4.69) is 0 Å².